The van der Waals surface area contributed by atoms with Crippen LogP contribution in [-0.2, 0) is 12.8 Å². The standard InChI is InChI=1S/C23H30N4O/c1-27-12-4-5-17(14-27)24-23-19-7-3-2-6-18(19)22(25-26-23)20-11-10-16(13-21(20)28)15-8-9-15/h10-11,13,15,17,28H,2-9,12,14H2,1H3,(H,24,26). The van der Waals surface area contributed by atoms with Crippen molar-refractivity contribution in [3.63, 3.8) is 0 Å². The lowest BCUT2D eigenvalue weighted by Gasteiger charge is -2.31. The summed E-state index contributed by atoms with van der Waals surface area (Å²) in [7, 11) is 2.19. The van der Waals surface area contributed by atoms with Gasteiger partial charge in [-0.1, -0.05) is 6.07 Å². The number of aromatic hydroxyl groups is 1. The van der Waals surface area contributed by atoms with Gasteiger partial charge < -0.3 is 15.3 Å². The molecule has 3 aliphatic rings. The molecule has 1 saturated heterocycles. The number of likely N-dealkylation sites (tertiary alicyclic amines) is 1. The third kappa shape index (κ3) is 3.48. The van der Waals surface area contributed by atoms with E-state index in [-0.39, 0.29) is 0 Å². The Hall–Kier alpha value is -2.14. The zero-order valence-electron chi connectivity index (χ0n) is 16.7. The Kier molecular flexibility index (Phi) is 4.71. The van der Waals surface area contributed by atoms with E-state index in [1.165, 1.54) is 61.8 Å². The van der Waals surface area contributed by atoms with Crippen molar-refractivity contribution in [1.82, 2.24) is 15.1 Å². The molecule has 1 saturated carbocycles. The van der Waals surface area contributed by atoms with Gasteiger partial charge in [-0.3, -0.25) is 0 Å². The average molecular weight is 379 g/mol. The maximum Gasteiger partial charge on any atom is 0.152 e. The topological polar surface area (TPSA) is 61.3 Å². The van der Waals surface area contributed by atoms with Crippen LogP contribution in [0.1, 0.15) is 61.1 Å². The number of fused-ring (bicyclic) bond motifs is 1. The normalized spacial score (nSPS) is 22.7. The highest BCUT2D eigenvalue weighted by Gasteiger charge is 2.27. The second-order valence-electron chi connectivity index (χ2n) is 8.86. The molecule has 0 radical (unpaired) electrons. The Balaban J connectivity index is 1.48. The Morgan fingerprint density at radius 3 is 2.61 bits per heavy atom. The molecule has 0 amide bonds. The van der Waals surface area contributed by atoms with Gasteiger partial charge in [-0.2, -0.15) is 0 Å². The van der Waals surface area contributed by atoms with Gasteiger partial charge in [-0.05, 0) is 94.1 Å². The van der Waals surface area contributed by atoms with E-state index in [2.05, 4.69) is 33.5 Å². The van der Waals surface area contributed by atoms with Gasteiger partial charge in [0.15, 0.2) is 5.82 Å². The summed E-state index contributed by atoms with van der Waals surface area (Å²) in [4.78, 5) is 2.38. The van der Waals surface area contributed by atoms with E-state index in [4.69, 9.17) is 0 Å². The van der Waals surface area contributed by atoms with Crippen LogP contribution in [-0.4, -0.2) is 46.4 Å². The summed E-state index contributed by atoms with van der Waals surface area (Å²) in [5.41, 5.74) is 5.56. The first-order valence-corrected chi connectivity index (χ1v) is 10.9. The van der Waals surface area contributed by atoms with E-state index in [1.807, 2.05) is 12.1 Å². The number of hydrogen-bond acceptors (Lipinski definition) is 5. The van der Waals surface area contributed by atoms with Crippen LogP contribution in [0.2, 0.25) is 0 Å². The molecule has 0 spiro atoms. The molecule has 1 aromatic carbocycles. The van der Waals surface area contributed by atoms with Crippen molar-refractivity contribution < 1.29 is 5.11 Å². The molecule has 2 fully saturated rings. The van der Waals surface area contributed by atoms with Crippen LogP contribution in [0.25, 0.3) is 11.3 Å². The van der Waals surface area contributed by atoms with Crippen LogP contribution in [0.3, 0.4) is 0 Å². The lowest BCUT2D eigenvalue weighted by Crippen LogP contribution is -2.40. The highest BCUT2D eigenvalue weighted by Crippen LogP contribution is 2.43. The number of phenols is 1. The first-order chi connectivity index (χ1) is 13.7. The van der Waals surface area contributed by atoms with Crippen molar-refractivity contribution in [2.24, 2.45) is 0 Å². The Labute approximate surface area is 167 Å². The molecule has 5 heteroatoms. The van der Waals surface area contributed by atoms with Crippen molar-refractivity contribution in [3.8, 4) is 17.0 Å². The van der Waals surface area contributed by atoms with Crippen LogP contribution in [0, 0.1) is 0 Å². The van der Waals surface area contributed by atoms with Crippen LogP contribution in [0.15, 0.2) is 18.2 Å². The monoisotopic (exact) mass is 378 g/mol. The smallest absolute Gasteiger partial charge is 0.152 e. The highest BCUT2D eigenvalue weighted by molar-refractivity contribution is 5.73. The molecular formula is C23H30N4O. The molecule has 2 N–H and O–H groups in total. The van der Waals surface area contributed by atoms with Gasteiger partial charge in [-0.15, -0.1) is 10.2 Å². The average Bonchev–Trinajstić information content (AvgIpc) is 3.54. The molecule has 2 aliphatic carbocycles. The molecule has 5 nitrogen and oxygen atoms in total. The molecule has 1 unspecified atom stereocenters. The number of phenolic OH excluding ortho intramolecular Hbond substituents is 1. The lowest BCUT2D eigenvalue weighted by molar-refractivity contribution is 0.260. The minimum Gasteiger partial charge on any atom is -0.507 e. The predicted molar refractivity (Wildman–Crippen MR) is 112 cm³/mol. The van der Waals surface area contributed by atoms with E-state index in [1.54, 1.807) is 0 Å². The van der Waals surface area contributed by atoms with Crippen molar-refractivity contribution in [1.29, 1.82) is 0 Å². The van der Waals surface area contributed by atoms with Crippen molar-refractivity contribution in [2.75, 3.05) is 25.5 Å². The summed E-state index contributed by atoms with van der Waals surface area (Å²) in [6, 6.07) is 6.59. The number of likely N-dealkylation sites (N-methyl/N-ethyl adjacent to an activating group) is 1. The fourth-order valence-electron chi connectivity index (χ4n) is 4.88. The summed E-state index contributed by atoms with van der Waals surface area (Å²) < 4.78 is 0. The maximum absolute atomic E-state index is 10.7. The van der Waals surface area contributed by atoms with E-state index in [0.29, 0.717) is 17.7 Å². The Morgan fingerprint density at radius 2 is 1.86 bits per heavy atom. The van der Waals surface area contributed by atoms with E-state index in [9.17, 15) is 5.11 Å². The maximum atomic E-state index is 10.7. The molecule has 1 aromatic heterocycles. The number of aromatic nitrogens is 2. The van der Waals surface area contributed by atoms with E-state index < -0.39 is 0 Å². The zero-order chi connectivity index (χ0) is 19.1. The van der Waals surface area contributed by atoms with E-state index in [0.717, 1.165) is 36.5 Å². The first kappa shape index (κ1) is 17.9. The number of nitrogens with one attached hydrogen (secondary N) is 1. The number of piperidine rings is 1. The molecule has 2 aromatic rings. The van der Waals surface area contributed by atoms with Gasteiger partial charge in [0, 0.05) is 23.7 Å². The molecule has 148 valence electrons. The fourth-order valence-corrected chi connectivity index (χ4v) is 4.88. The summed E-state index contributed by atoms with van der Waals surface area (Å²) >= 11 is 0. The highest BCUT2D eigenvalue weighted by atomic mass is 16.3. The number of nitrogens with zero attached hydrogens (tertiary/aromatic N) is 3. The molecule has 1 atom stereocenters. The quantitative estimate of drug-likeness (QED) is 0.838. The van der Waals surface area contributed by atoms with Gasteiger partial charge in [0.25, 0.3) is 0 Å². The molecule has 5 rings (SSSR count). The van der Waals surface area contributed by atoms with Crippen LogP contribution in [0.5, 0.6) is 5.75 Å². The predicted octanol–water partition coefficient (Wildman–Crippen LogP) is 4.11. The zero-order valence-corrected chi connectivity index (χ0v) is 16.7. The Bertz CT molecular complexity index is 877. The van der Waals surface area contributed by atoms with Crippen molar-refractivity contribution >= 4 is 5.82 Å². The number of anilines is 1. The number of rotatable bonds is 4. The summed E-state index contributed by atoms with van der Waals surface area (Å²) in [5.74, 6) is 1.95. The first-order valence-electron chi connectivity index (χ1n) is 10.9. The van der Waals surface area contributed by atoms with Crippen molar-refractivity contribution in [2.45, 2.75) is 63.3 Å². The second-order valence-corrected chi connectivity index (χ2v) is 8.86. The molecular weight excluding hydrogens is 348 g/mol. The van der Waals surface area contributed by atoms with Crippen LogP contribution in [0.4, 0.5) is 5.82 Å². The summed E-state index contributed by atoms with van der Waals surface area (Å²) in [5, 5.41) is 23.6. The minimum absolute atomic E-state index is 0.348. The van der Waals surface area contributed by atoms with Gasteiger partial charge >= 0.3 is 0 Å². The Morgan fingerprint density at radius 1 is 1.04 bits per heavy atom. The van der Waals surface area contributed by atoms with Gasteiger partial charge in [-0.25, -0.2) is 0 Å². The second kappa shape index (κ2) is 7.36. The number of benzene rings is 1. The summed E-state index contributed by atoms with van der Waals surface area (Å²) in [6.45, 7) is 2.23. The molecule has 28 heavy (non-hydrogen) atoms. The fraction of sp³-hybridized carbons (Fsp3) is 0.565. The van der Waals surface area contributed by atoms with Gasteiger partial charge in [0.05, 0.1) is 0 Å². The molecule has 1 aliphatic heterocycles. The van der Waals surface area contributed by atoms with Crippen LogP contribution >= 0.6 is 0 Å². The molecule has 2 heterocycles. The largest absolute Gasteiger partial charge is 0.507 e. The third-order valence-electron chi connectivity index (χ3n) is 6.58. The van der Waals surface area contributed by atoms with Crippen LogP contribution < -0.4 is 5.32 Å². The minimum atomic E-state index is 0.348. The number of hydrogen-bond donors (Lipinski definition) is 2. The third-order valence-corrected chi connectivity index (χ3v) is 6.58. The molecule has 0 bridgehead atoms. The summed E-state index contributed by atoms with van der Waals surface area (Å²) in [6.07, 6.45) is 9.33. The van der Waals surface area contributed by atoms with E-state index >= 15 is 0 Å². The van der Waals surface area contributed by atoms with Gasteiger partial charge in [0.1, 0.15) is 11.4 Å². The lowest BCUT2D eigenvalue weighted by atomic mass is 9.88. The SMILES string of the molecule is CN1CCCC(Nc2nnc(-c3ccc(C4CC4)cc3O)c3c2CCCC3)C1. The van der Waals surface area contributed by atoms with Crippen molar-refractivity contribution in [3.05, 3.63) is 34.9 Å². The van der Waals surface area contributed by atoms with Gasteiger partial charge in [0.2, 0.25) is 0 Å².